The first kappa shape index (κ1) is 20.8. The summed E-state index contributed by atoms with van der Waals surface area (Å²) in [5.41, 5.74) is -0.364. The van der Waals surface area contributed by atoms with Crippen LogP contribution in [0.3, 0.4) is 0 Å². The number of carbonyl (C=O) groups is 1. The molecular formula is C18H19F3N2O3S. The lowest BCUT2D eigenvalue weighted by Gasteiger charge is -2.30. The molecule has 0 fully saturated rings. The largest absolute Gasteiger partial charge is 0.416 e. The number of nitrogens with one attached hydrogen (secondary N) is 1. The third-order valence-corrected chi connectivity index (χ3v) is 5.00. The van der Waals surface area contributed by atoms with Crippen LogP contribution in [0.4, 0.5) is 24.5 Å². The zero-order chi connectivity index (χ0) is 20.2. The quantitative estimate of drug-likeness (QED) is 0.800. The molecule has 2 aromatic carbocycles. The summed E-state index contributed by atoms with van der Waals surface area (Å²) in [6.45, 7) is 1.65. The first-order valence-electron chi connectivity index (χ1n) is 8.06. The lowest BCUT2D eigenvalue weighted by atomic mass is 10.1. The van der Waals surface area contributed by atoms with E-state index in [4.69, 9.17) is 0 Å². The Hall–Kier alpha value is -2.55. The summed E-state index contributed by atoms with van der Waals surface area (Å²) < 4.78 is 63.4. The van der Waals surface area contributed by atoms with Crippen molar-refractivity contribution in [2.24, 2.45) is 0 Å². The molecule has 0 aliphatic carbocycles. The van der Waals surface area contributed by atoms with Gasteiger partial charge in [0, 0.05) is 5.69 Å². The minimum absolute atomic E-state index is 0.146. The topological polar surface area (TPSA) is 66.5 Å². The van der Waals surface area contributed by atoms with E-state index < -0.39 is 33.7 Å². The van der Waals surface area contributed by atoms with Crippen LogP contribution in [0, 0.1) is 0 Å². The molecule has 146 valence electrons. The molecule has 1 N–H and O–H groups in total. The van der Waals surface area contributed by atoms with Gasteiger partial charge in [-0.05, 0) is 42.8 Å². The van der Waals surface area contributed by atoms with Crippen LogP contribution in [0.1, 0.15) is 18.9 Å². The number of rotatable bonds is 6. The van der Waals surface area contributed by atoms with Crippen molar-refractivity contribution in [3.63, 3.8) is 0 Å². The standard InChI is InChI=1S/C18H19F3N2O3S/c1-3-16(23(27(2,25)26)15-7-5-4-6-8-15)17(24)22-14-11-9-13(10-12-14)18(19,20)21/h4-12,16H,3H2,1-2H3,(H,22,24). The molecule has 0 aromatic heterocycles. The Morgan fingerprint density at radius 1 is 1.07 bits per heavy atom. The molecular weight excluding hydrogens is 381 g/mol. The third-order valence-electron chi connectivity index (χ3n) is 3.82. The Kier molecular flexibility index (Phi) is 6.15. The number of hydrogen-bond acceptors (Lipinski definition) is 3. The highest BCUT2D eigenvalue weighted by molar-refractivity contribution is 7.92. The van der Waals surface area contributed by atoms with Crippen molar-refractivity contribution >= 4 is 27.3 Å². The Bertz CT molecular complexity index is 882. The van der Waals surface area contributed by atoms with E-state index >= 15 is 0 Å². The van der Waals surface area contributed by atoms with Gasteiger partial charge in [0.15, 0.2) is 0 Å². The molecule has 0 bridgehead atoms. The summed E-state index contributed by atoms with van der Waals surface area (Å²) in [5, 5.41) is 2.48. The molecule has 1 atom stereocenters. The molecule has 1 amide bonds. The van der Waals surface area contributed by atoms with Crippen LogP contribution < -0.4 is 9.62 Å². The summed E-state index contributed by atoms with van der Waals surface area (Å²) in [6, 6.07) is 11.0. The van der Waals surface area contributed by atoms with Gasteiger partial charge in [-0.3, -0.25) is 9.10 Å². The molecule has 0 saturated heterocycles. The fourth-order valence-electron chi connectivity index (χ4n) is 2.60. The average molecular weight is 400 g/mol. The summed E-state index contributed by atoms with van der Waals surface area (Å²) in [6.07, 6.45) is -3.31. The number of amides is 1. The maximum Gasteiger partial charge on any atom is 0.416 e. The van der Waals surface area contributed by atoms with Crippen LogP contribution in [-0.2, 0) is 21.0 Å². The second kappa shape index (κ2) is 7.99. The van der Waals surface area contributed by atoms with Crippen LogP contribution in [0.25, 0.3) is 0 Å². The van der Waals surface area contributed by atoms with Crippen LogP contribution in [-0.4, -0.2) is 26.6 Å². The first-order chi connectivity index (χ1) is 12.5. The van der Waals surface area contributed by atoms with Gasteiger partial charge in [0.25, 0.3) is 0 Å². The highest BCUT2D eigenvalue weighted by atomic mass is 32.2. The van der Waals surface area contributed by atoms with Gasteiger partial charge in [0.1, 0.15) is 6.04 Å². The van der Waals surface area contributed by atoms with Crippen molar-refractivity contribution in [2.75, 3.05) is 15.9 Å². The van der Waals surface area contributed by atoms with E-state index in [9.17, 15) is 26.4 Å². The summed E-state index contributed by atoms with van der Waals surface area (Å²) >= 11 is 0. The number of alkyl halides is 3. The van der Waals surface area contributed by atoms with Crippen LogP contribution in [0.15, 0.2) is 54.6 Å². The average Bonchev–Trinajstić information content (AvgIpc) is 2.58. The number of benzene rings is 2. The molecule has 1 unspecified atom stereocenters. The lowest BCUT2D eigenvalue weighted by Crippen LogP contribution is -2.46. The van der Waals surface area contributed by atoms with Crippen molar-refractivity contribution in [2.45, 2.75) is 25.6 Å². The number of carbonyl (C=O) groups excluding carboxylic acids is 1. The molecule has 9 heteroatoms. The van der Waals surface area contributed by atoms with Crippen molar-refractivity contribution in [3.05, 3.63) is 60.2 Å². The Morgan fingerprint density at radius 3 is 2.07 bits per heavy atom. The normalized spacial score (nSPS) is 13.1. The zero-order valence-corrected chi connectivity index (χ0v) is 15.5. The van der Waals surface area contributed by atoms with Gasteiger partial charge in [-0.2, -0.15) is 13.2 Å². The van der Waals surface area contributed by atoms with Gasteiger partial charge in [-0.25, -0.2) is 8.42 Å². The number of hydrogen-bond donors (Lipinski definition) is 1. The molecule has 0 spiro atoms. The third kappa shape index (κ3) is 5.22. The number of halogens is 3. The highest BCUT2D eigenvalue weighted by Gasteiger charge is 2.32. The lowest BCUT2D eigenvalue weighted by molar-refractivity contribution is -0.137. The molecule has 2 rings (SSSR count). The van der Waals surface area contributed by atoms with E-state index in [-0.39, 0.29) is 12.1 Å². The van der Waals surface area contributed by atoms with E-state index in [0.717, 1.165) is 34.8 Å². The molecule has 0 aliphatic rings. The van der Waals surface area contributed by atoms with Crippen LogP contribution >= 0.6 is 0 Å². The van der Waals surface area contributed by atoms with Gasteiger partial charge < -0.3 is 5.32 Å². The maximum absolute atomic E-state index is 12.6. The minimum atomic E-state index is -4.48. The Labute approximate surface area is 155 Å². The molecule has 0 radical (unpaired) electrons. The molecule has 27 heavy (non-hydrogen) atoms. The predicted octanol–water partition coefficient (Wildman–Crippen LogP) is 3.89. The molecule has 0 saturated carbocycles. The Balaban J connectivity index is 2.28. The van der Waals surface area contributed by atoms with Gasteiger partial charge in [-0.1, -0.05) is 25.1 Å². The van der Waals surface area contributed by atoms with E-state index in [0.29, 0.717) is 5.69 Å². The molecule has 2 aromatic rings. The number of nitrogens with zero attached hydrogens (tertiary/aromatic N) is 1. The van der Waals surface area contributed by atoms with Crippen molar-refractivity contribution in [3.8, 4) is 0 Å². The van der Waals surface area contributed by atoms with Gasteiger partial charge in [0.05, 0.1) is 17.5 Å². The molecule has 5 nitrogen and oxygen atoms in total. The summed E-state index contributed by atoms with van der Waals surface area (Å²) in [7, 11) is -3.77. The second-order valence-electron chi connectivity index (χ2n) is 5.88. The van der Waals surface area contributed by atoms with Crippen LogP contribution in [0.2, 0.25) is 0 Å². The summed E-state index contributed by atoms with van der Waals surface area (Å²) in [5.74, 6) is -0.633. The monoisotopic (exact) mass is 400 g/mol. The fraction of sp³-hybridized carbons (Fsp3) is 0.278. The summed E-state index contributed by atoms with van der Waals surface area (Å²) in [4.78, 5) is 12.6. The van der Waals surface area contributed by atoms with Crippen molar-refractivity contribution in [1.82, 2.24) is 0 Å². The smallest absolute Gasteiger partial charge is 0.324 e. The SMILES string of the molecule is CCC(C(=O)Nc1ccc(C(F)(F)F)cc1)N(c1ccccc1)S(C)(=O)=O. The fourth-order valence-corrected chi connectivity index (χ4v) is 3.82. The number of anilines is 2. The van der Waals surface area contributed by atoms with Crippen LogP contribution in [0.5, 0.6) is 0 Å². The van der Waals surface area contributed by atoms with Gasteiger partial charge >= 0.3 is 6.18 Å². The first-order valence-corrected chi connectivity index (χ1v) is 9.91. The molecule has 0 heterocycles. The van der Waals surface area contributed by atoms with Crippen molar-refractivity contribution < 1.29 is 26.4 Å². The number of para-hydroxylation sites is 1. The predicted molar refractivity (Wildman–Crippen MR) is 97.9 cm³/mol. The van der Waals surface area contributed by atoms with Gasteiger partial charge in [-0.15, -0.1) is 0 Å². The maximum atomic E-state index is 12.6. The van der Waals surface area contributed by atoms with Crippen molar-refractivity contribution in [1.29, 1.82) is 0 Å². The van der Waals surface area contributed by atoms with E-state index in [1.54, 1.807) is 37.3 Å². The zero-order valence-electron chi connectivity index (χ0n) is 14.7. The van der Waals surface area contributed by atoms with E-state index in [1.165, 1.54) is 0 Å². The number of sulfonamides is 1. The Morgan fingerprint density at radius 2 is 1.63 bits per heavy atom. The van der Waals surface area contributed by atoms with E-state index in [1.807, 2.05) is 0 Å². The van der Waals surface area contributed by atoms with E-state index in [2.05, 4.69) is 5.32 Å². The minimum Gasteiger partial charge on any atom is -0.324 e. The highest BCUT2D eigenvalue weighted by Crippen LogP contribution is 2.30. The second-order valence-corrected chi connectivity index (χ2v) is 7.74. The van der Waals surface area contributed by atoms with Gasteiger partial charge in [0.2, 0.25) is 15.9 Å². The molecule has 0 aliphatic heterocycles.